The monoisotopic (exact) mass is 268 g/mol. The van der Waals surface area contributed by atoms with Crippen molar-refractivity contribution in [3.63, 3.8) is 0 Å². The van der Waals surface area contributed by atoms with E-state index in [9.17, 15) is 14.4 Å². The van der Waals surface area contributed by atoms with Crippen molar-refractivity contribution in [2.45, 2.75) is 6.04 Å². The highest BCUT2D eigenvalue weighted by molar-refractivity contribution is 6.24. The molecule has 1 aliphatic carbocycles. The largest absolute Gasteiger partial charge is 0.349 e. The molecular formula is C15H12N2O3. The van der Waals surface area contributed by atoms with Crippen LogP contribution in [0.15, 0.2) is 42.5 Å². The first kappa shape index (κ1) is 11.4. The topological polar surface area (TPSA) is 66.5 Å². The Morgan fingerprint density at radius 3 is 2.30 bits per heavy atom. The number of hydrogen-bond acceptors (Lipinski definition) is 3. The van der Waals surface area contributed by atoms with E-state index in [1.807, 2.05) is 12.1 Å². The summed E-state index contributed by atoms with van der Waals surface area (Å²) in [5, 5.41) is 2.78. The Labute approximate surface area is 115 Å². The summed E-state index contributed by atoms with van der Waals surface area (Å²) >= 11 is 0. The van der Waals surface area contributed by atoms with Crippen molar-refractivity contribution in [3.8, 4) is 0 Å². The van der Waals surface area contributed by atoms with Gasteiger partial charge in [-0.15, -0.1) is 0 Å². The molecule has 4 atom stereocenters. The van der Waals surface area contributed by atoms with E-state index in [4.69, 9.17) is 0 Å². The molecule has 5 heteroatoms. The van der Waals surface area contributed by atoms with Gasteiger partial charge in [0.1, 0.15) is 0 Å². The second-order valence-corrected chi connectivity index (χ2v) is 5.34. The van der Waals surface area contributed by atoms with Crippen molar-refractivity contribution in [2.24, 2.45) is 17.8 Å². The zero-order valence-corrected chi connectivity index (χ0v) is 10.5. The summed E-state index contributed by atoms with van der Waals surface area (Å²) in [7, 11) is 0. The van der Waals surface area contributed by atoms with Gasteiger partial charge in [-0.2, -0.15) is 0 Å². The minimum atomic E-state index is -0.550. The van der Waals surface area contributed by atoms with Crippen molar-refractivity contribution in [3.05, 3.63) is 42.5 Å². The Hall–Kier alpha value is -2.43. The maximum atomic E-state index is 12.6. The van der Waals surface area contributed by atoms with Gasteiger partial charge in [-0.05, 0) is 12.1 Å². The summed E-state index contributed by atoms with van der Waals surface area (Å²) in [5.41, 5.74) is 0.573. The highest BCUT2D eigenvalue weighted by Crippen LogP contribution is 2.43. The molecule has 4 aliphatic rings. The fourth-order valence-corrected chi connectivity index (χ4v) is 3.43. The number of carbonyl (C=O) groups excluding carboxylic acids is 3. The van der Waals surface area contributed by atoms with E-state index < -0.39 is 17.8 Å². The number of para-hydroxylation sites is 1. The minimum Gasteiger partial charge on any atom is -0.349 e. The summed E-state index contributed by atoms with van der Waals surface area (Å²) in [5.74, 6) is -2.17. The summed E-state index contributed by atoms with van der Waals surface area (Å²) in [6, 6.07) is 8.51. The number of nitrogens with zero attached hydrogens (tertiary/aromatic N) is 1. The first-order valence-corrected chi connectivity index (χ1v) is 6.60. The lowest BCUT2D eigenvalue weighted by molar-refractivity contribution is -0.137. The zero-order chi connectivity index (χ0) is 13.9. The molecule has 5 rings (SSSR count). The van der Waals surface area contributed by atoms with Crippen LogP contribution in [0.4, 0.5) is 5.69 Å². The normalized spacial score (nSPS) is 34.4. The number of imide groups is 1. The lowest BCUT2D eigenvalue weighted by Gasteiger charge is -2.38. The molecule has 3 amide bonds. The molecule has 3 heterocycles. The number of hydrogen-bond donors (Lipinski definition) is 1. The van der Waals surface area contributed by atoms with E-state index in [0.717, 1.165) is 0 Å². The van der Waals surface area contributed by atoms with Gasteiger partial charge >= 0.3 is 0 Å². The smallest absolute Gasteiger partial charge is 0.240 e. The van der Waals surface area contributed by atoms with Crippen LogP contribution in [-0.4, -0.2) is 23.8 Å². The molecule has 0 aromatic heterocycles. The van der Waals surface area contributed by atoms with Crippen molar-refractivity contribution in [2.75, 3.05) is 4.90 Å². The molecule has 1 aromatic carbocycles. The maximum Gasteiger partial charge on any atom is 0.240 e. The molecule has 0 radical (unpaired) electrons. The highest BCUT2D eigenvalue weighted by atomic mass is 16.2. The van der Waals surface area contributed by atoms with Gasteiger partial charge in [0.2, 0.25) is 17.7 Å². The molecule has 0 unspecified atom stereocenters. The summed E-state index contributed by atoms with van der Waals surface area (Å²) < 4.78 is 0. The molecule has 2 fully saturated rings. The van der Waals surface area contributed by atoms with E-state index in [-0.39, 0.29) is 23.8 Å². The lowest BCUT2D eigenvalue weighted by atomic mass is 9.71. The Balaban J connectivity index is 1.79. The molecule has 0 spiro atoms. The second-order valence-electron chi connectivity index (χ2n) is 5.34. The summed E-state index contributed by atoms with van der Waals surface area (Å²) in [6.07, 6.45) is 3.58. The Morgan fingerprint density at radius 1 is 0.900 bits per heavy atom. The molecule has 1 aromatic rings. The van der Waals surface area contributed by atoms with Gasteiger partial charge in [0, 0.05) is 0 Å². The number of amides is 3. The van der Waals surface area contributed by atoms with Crippen LogP contribution in [0.5, 0.6) is 0 Å². The minimum absolute atomic E-state index is 0.158. The highest BCUT2D eigenvalue weighted by Gasteiger charge is 2.59. The molecule has 100 valence electrons. The summed E-state index contributed by atoms with van der Waals surface area (Å²) in [4.78, 5) is 38.2. The lowest BCUT2D eigenvalue weighted by Crippen LogP contribution is -2.57. The fraction of sp³-hybridized carbons (Fsp3) is 0.267. The number of rotatable bonds is 1. The van der Waals surface area contributed by atoms with Crippen LogP contribution in [-0.2, 0) is 14.4 Å². The second kappa shape index (κ2) is 3.79. The van der Waals surface area contributed by atoms with E-state index in [0.29, 0.717) is 5.69 Å². The molecule has 0 saturated carbocycles. The van der Waals surface area contributed by atoms with E-state index >= 15 is 0 Å². The standard InChI is InChI=1S/C15H12N2O3/c18-13-9-6-7-10(16-13)12-11(9)14(19)17(15(12)20)8-4-2-1-3-5-8/h1-7,9-12H,(H,16,18)/t9-,10+,11+,12+/m1/s1. The Kier molecular flexibility index (Phi) is 2.16. The predicted octanol–water partition coefficient (Wildman–Crippen LogP) is 0.477. The van der Waals surface area contributed by atoms with Crippen LogP contribution in [0.2, 0.25) is 0 Å². The van der Waals surface area contributed by atoms with E-state index in [1.165, 1.54) is 4.90 Å². The van der Waals surface area contributed by atoms with Crippen LogP contribution in [0.3, 0.4) is 0 Å². The number of nitrogens with one attached hydrogen (secondary N) is 1. The van der Waals surface area contributed by atoms with Crippen LogP contribution < -0.4 is 10.2 Å². The molecule has 2 saturated heterocycles. The average Bonchev–Trinajstić information content (AvgIpc) is 2.74. The van der Waals surface area contributed by atoms with Crippen LogP contribution in [0.1, 0.15) is 0 Å². The Morgan fingerprint density at radius 2 is 1.60 bits per heavy atom. The van der Waals surface area contributed by atoms with Gasteiger partial charge in [-0.25, -0.2) is 4.90 Å². The van der Waals surface area contributed by atoms with Crippen LogP contribution >= 0.6 is 0 Å². The van der Waals surface area contributed by atoms with E-state index in [2.05, 4.69) is 5.32 Å². The van der Waals surface area contributed by atoms with Crippen LogP contribution in [0, 0.1) is 17.8 Å². The third-order valence-electron chi connectivity index (χ3n) is 4.32. The molecule has 20 heavy (non-hydrogen) atoms. The fourth-order valence-electron chi connectivity index (χ4n) is 3.43. The first-order chi connectivity index (χ1) is 9.68. The number of anilines is 1. The van der Waals surface area contributed by atoms with Crippen LogP contribution in [0.25, 0.3) is 0 Å². The predicted molar refractivity (Wildman–Crippen MR) is 70.5 cm³/mol. The Bertz CT molecular complexity index is 652. The molecule has 5 nitrogen and oxygen atoms in total. The third-order valence-corrected chi connectivity index (χ3v) is 4.32. The van der Waals surface area contributed by atoms with Gasteiger partial charge in [-0.3, -0.25) is 14.4 Å². The van der Waals surface area contributed by atoms with Crippen molar-refractivity contribution >= 4 is 23.4 Å². The number of piperidine rings is 1. The third kappa shape index (κ3) is 1.29. The van der Waals surface area contributed by atoms with Gasteiger partial charge < -0.3 is 5.32 Å². The van der Waals surface area contributed by atoms with E-state index in [1.54, 1.807) is 30.3 Å². The van der Waals surface area contributed by atoms with Gasteiger partial charge in [-0.1, -0.05) is 30.4 Å². The molecule has 3 aliphatic heterocycles. The summed E-state index contributed by atoms with van der Waals surface area (Å²) in [6.45, 7) is 0. The van der Waals surface area contributed by atoms with Crippen molar-refractivity contribution in [1.82, 2.24) is 5.32 Å². The zero-order valence-electron chi connectivity index (χ0n) is 10.5. The molecule has 2 bridgehead atoms. The van der Waals surface area contributed by atoms with Gasteiger partial charge in [0.15, 0.2) is 0 Å². The molecule has 1 N–H and O–H groups in total. The van der Waals surface area contributed by atoms with Crippen molar-refractivity contribution in [1.29, 1.82) is 0 Å². The van der Waals surface area contributed by atoms with Gasteiger partial charge in [0.25, 0.3) is 0 Å². The number of carbonyl (C=O) groups is 3. The first-order valence-electron chi connectivity index (χ1n) is 6.60. The average molecular weight is 268 g/mol. The quantitative estimate of drug-likeness (QED) is 0.595. The number of benzene rings is 1. The molecular weight excluding hydrogens is 256 g/mol. The SMILES string of the molecule is O=C1N[C@H]2C=C[C@@H]1[C@@H]1C(=O)N(c3ccccc3)C(=O)[C@H]12. The van der Waals surface area contributed by atoms with Gasteiger partial charge in [0.05, 0.1) is 29.5 Å². The number of fused-ring (bicyclic) bond motifs is 1. The maximum absolute atomic E-state index is 12.6. The van der Waals surface area contributed by atoms with Crippen molar-refractivity contribution < 1.29 is 14.4 Å².